The van der Waals surface area contributed by atoms with Gasteiger partial charge in [0.15, 0.2) is 0 Å². The van der Waals surface area contributed by atoms with Crippen molar-refractivity contribution >= 4 is 29.4 Å². The Kier molecular flexibility index (Phi) is 4.85. The third-order valence-electron chi connectivity index (χ3n) is 2.75. The van der Waals surface area contributed by atoms with Gasteiger partial charge in [-0.05, 0) is 11.6 Å². The number of ether oxygens (including phenoxy) is 1. The maximum atomic E-state index is 11.7. The fraction of sp³-hybridized carbons (Fsp3) is 0.0667. The number of rotatable bonds is 4. The van der Waals surface area contributed by atoms with E-state index in [1.807, 2.05) is 6.07 Å². The summed E-state index contributed by atoms with van der Waals surface area (Å²) in [5, 5.41) is 21.1. The fourth-order valence-corrected chi connectivity index (χ4v) is 1.97. The van der Waals surface area contributed by atoms with E-state index < -0.39 is 17.8 Å². The third-order valence-corrected chi connectivity index (χ3v) is 2.97. The molecule has 0 aliphatic heterocycles. The van der Waals surface area contributed by atoms with Gasteiger partial charge in [-0.2, -0.15) is 0 Å². The first-order valence-corrected chi connectivity index (χ1v) is 6.58. The number of hydrogen-bond donors (Lipinski definition) is 3. The lowest BCUT2D eigenvalue weighted by Gasteiger charge is -2.11. The first-order chi connectivity index (χ1) is 10.5. The van der Waals surface area contributed by atoms with Crippen molar-refractivity contribution in [3.05, 3.63) is 58.6 Å². The molecule has 0 aliphatic carbocycles. The molecule has 0 bridgehead atoms. The zero-order valence-corrected chi connectivity index (χ0v) is 12.0. The van der Waals surface area contributed by atoms with Gasteiger partial charge < -0.3 is 14.9 Å². The minimum atomic E-state index is -1.34. The first-order valence-electron chi connectivity index (χ1n) is 6.21. The number of amides is 1. The summed E-state index contributed by atoms with van der Waals surface area (Å²) in [6, 6.07) is 11.2. The van der Waals surface area contributed by atoms with E-state index in [-0.39, 0.29) is 22.9 Å². The first kappa shape index (κ1) is 15.7. The topological polar surface area (TPSA) is 95.9 Å². The quantitative estimate of drug-likeness (QED) is 0.749. The Labute approximate surface area is 130 Å². The summed E-state index contributed by atoms with van der Waals surface area (Å²) >= 11 is 5.68. The van der Waals surface area contributed by atoms with Gasteiger partial charge in [-0.25, -0.2) is 9.59 Å². The maximum Gasteiger partial charge on any atom is 0.412 e. The predicted molar refractivity (Wildman–Crippen MR) is 80.3 cm³/mol. The molecule has 0 aromatic heterocycles. The van der Waals surface area contributed by atoms with Crippen molar-refractivity contribution in [3.8, 4) is 5.75 Å². The van der Waals surface area contributed by atoms with Crippen LogP contribution in [0.1, 0.15) is 15.9 Å². The molecule has 6 nitrogen and oxygen atoms in total. The van der Waals surface area contributed by atoms with E-state index in [2.05, 4.69) is 5.32 Å². The van der Waals surface area contributed by atoms with Crippen LogP contribution in [0.5, 0.6) is 5.75 Å². The summed E-state index contributed by atoms with van der Waals surface area (Å²) in [5.41, 5.74) is 0.174. The lowest BCUT2D eigenvalue weighted by molar-refractivity contribution is 0.0697. The van der Waals surface area contributed by atoms with Crippen molar-refractivity contribution < 1.29 is 24.5 Å². The normalized spacial score (nSPS) is 10.0. The summed E-state index contributed by atoms with van der Waals surface area (Å²) in [6.07, 6.45) is -0.885. The zero-order valence-electron chi connectivity index (χ0n) is 11.2. The number of nitrogens with one attached hydrogen (secondary N) is 1. The number of aromatic hydroxyl groups is 1. The van der Waals surface area contributed by atoms with Crippen LogP contribution < -0.4 is 5.32 Å². The highest BCUT2D eigenvalue weighted by Gasteiger charge is 2.18. The van der Waals surface area contributed by atoms with Gasteiger partial charge in [0, 0.05) is 11.1 Å². The molecular formula is C15H12ClNO5. The van der Waals surface area contributed by atoms with Gasteiger partial charge in [0.05, 0.1) is 5.56 Å². The van der Waals surface area contributed by atoms with Crippen molar-refractivity contribution in [2.45, 2.75) is 6.61 Å². The van der Waals surface area contributed by atoms with Crippen LogP contribution in [-0.2, 0) is 11.3 Å². The molecule has 0 aliphatic rings. The number of carbonyl (C=O) groups is 2. The molecular weight excluding hydrogens is 310 g/mol. The Morgan fingerprint density at radius 2 is 1.86 bits per heavy atom. The van der Waals surface area contributed by atoms with Crippen molar-refractivity contribution in [1.82, 2.24) is 0 Å². The third kappa shape index (κ3) is 3.89. The molecule has 0 spiro atoms. The summed E-state index contributed by atoms with van der Waals surface area (Å²) in [6.45, 7) is 0.0173. The second-order valence-corrected chi connectivity index (χ2v) is 4.78. The number of aromatic carboxylic acids is 1. The molecule has 0 unspecified atom stereocenters. The van der Waals surface area contributed by atoms with Gasteiger partial charge in [-0.15, -0.1) is 0 Å². The van der Waals surface area contributed by atoms with Crippen molar-refractivity contribution in [2.24, 2.45) is 0 Å². The summed E-state index contributed by atoms with van der Waals surface area (Å²) < 4.78 is 4.96. The van der Waals surface area contributed by atoms with E-state index in [4.69, 9.17) is 21.4 Å². The molecule has 0 fully saturated rings. The van der Waals surface area contributed by atoms with Gasteiger partial charge in [0.2, 0.25) is 0 Å². The molecule has 0 saturated carbocycles. The molecule has 114 valence electrons. The van der Waals surface area contributed by atoms with Crippen LogP contribution in [0.4, 0.5) is 10.5 Å². The highest BCUT2D eigenvalue weighted by Crippen LogP contribution is 2.31. The zero-order chi connectivity index (χ0) is 16.1. The van der Waals surface area contributed by atoms with Gasteiger partial charge in [0.25, 0.3) is 0 Å². The van der Waals surface area contributed by atoms with Gasteiger partial charge in [0.1, 0.15) is 18.0 Å². The molecule has 7 heteroatoms. The van der Waals surface area contributed by atoms with E-state index in [1.165, 1.54) is 0 Å². The van der Waals surface area contributed by atoms with Gasteiger partial charge >= 0.3 is 12.1 Å². The van der Waals surface area contributed by atoms with Crippen LogP contribution >= 0.6 is 11.6 Å². The lowest BCUT2D eigenvalue weighted by atomic mass is 10.1. The van der Waals surface area contributed by atoms with Crippen molar-refractivity contribution in [2.75, 3.05) is 5.32 Å². The van der Waals surface area contributed by atoms with Crippen LogP contribution in [0.15, 0.2) is 42.5 Å². The molecule has 2 rings (SSSR count). The minimum Gasteiger partial charge on any atom is -0.506 e. The van der Waals surface area contributed by atoms with Gasteiger partial charge in [-0.3, -0.25) is 5.32 Å². The molecule has 0 radical (unpaired) electrons. The Balaban J connectivity index is 2.10. The Hall–Kier alpha value is -2.73. The van der Waals surface area contributed by atoms with E-state index in [0.717, 1.165) is 17.7 Å². The number of halogens is 1. The number of anilines is 1. The van der Waals surface area contributed by atoms with Gasteiger partial charge in [-0.1, -0.05) is 41.9 Å². The Bertz CT molecular complexity index is 703. The smallest absolute Gasteiger partial charge is 0.412 e. The van der Waals surface area contributed by atoms with Crippen LogP contribution in [0, 0.1) is 0 Å². The molecule has 2 aromatic carbocycles. The summed E-state index contributed by atoms with van der Waals surface area (Å²) in [5.74, 6) is -1.79. The number of carboxylic acid groups (broad SMARTS) is 1. The average molecular weight is 322 g/mol. The number of carboxylic acids is 1. The van der Waals surface area contributed by atoms with E-state index in [1.54, 1.807) is 24.3 Å². The predicted octanol–water partition coefficient (Wildman–Crippen LogP) is 3.49. The Morgan fingerprint density at radius 3 is 2.50 bits per heavy atom. The molecule has 0 saturated heterocycles. The van der Waals surface area contributed by atoms with Crippen molar-refractivity contribution in [1.29, 1.82) is 0 Å². The Morgan fingerprint density at radius 1 is 1.18 bits per heavy atom. The standard InChI is InChI=1S/C15H12ClNO5/c16-10-6-11(14(19)20)13(12(18)7-10)17-15(21)22-8-9-4-2-1-3-5-9/h1-7,18H,8H2,(H,17,21)(H,19,20). The van der Waals surface area contributed by atoms with Crippen LogP contribution in [0.2, 0.25) is 5.02 Å². The largest absolute Gasteiger partial charge is 0.506 e. The van der Waals surface area contributed by atoms with Crippen LogP contribution in [0.3, 0.4) is 0 Å². The van der Waals surface area contributed by atoms with Crippen LogP contribution in [0.25, 0.3) is 0 Å². The number of phenolic OH excluding ortho intramolecular Hbond substituents is 1. The summed E-state index contributed by atoms with van der Waals surface area (Å²) in [4.78, 5) is 22.9. The molecule has 3 N–H and O–H groups in total. The molecule has 2 aromatic rings. The van der Waals surface area contributed by atoms with E-state index >= 15 is 0 Å². The number of benzene rings is 2. The van der Waals surface area contributed by atoms with Crippen LogP contribution in [-0.4, -0.2) is 22.3 Å². The number of carbonyl (C=O) groups excluding carboxylic acids is 1. The second kappa shape index (κ2) is 6.82. The highest BCUT2D eigenvalue weighted by atomic mass is 35.5. The van der Waals surface area contributed by atoms with E-state index in [9.17, 15) is 14.7 Å². The molecule has 0 atom stereocenters. The lowest BCUT2D eigenvalue weighted by Crippen LogP contribution is -2.16. The fourth-order valence-electron chi connectivity index (χ4n) is 1.75. The molecule has 22 heavy (non-hydrogen) atoms. The molecule has 0 heterocycles. The number of phenols is 1. The van der Waals surface area contributed by atoms with Crippen molar-refractivity contribution in [3.63, 3.8) is 0 Å². The SMILES string of the molecule is O=C(Nc1c(O)cc(Cl)cc1C(=O)O)OCc1ccccc1. The second-order valence-electron chi connectivity index (χ2n) is 4.34. The number of hydrogen-bond acceptors (Lipinski definition) is 4. The summed E-state index contributed by atoms with van der Waals surface area (Å²) in [7, 11) is 0. The monoisotopic (exact) mass is 321 g/mol. The highest BCUT2D eigenvalue weighted by molar-refractivity contribution is 6.31. The minimum absolute atomic E-state index is 0.0173. The maximum absolute atomic E-state index is 11.7. The van der Waals surface area contributed by atoms with E-state index in [0.29, 0.717) is 0 Å². The average Bonchev–Trinajstić information content (AvgIpc) is 2.48. The molecule has 1 amide bonds.